The van der Waals surface area contributed by atoms with Crippen LogP contribution < -0.4 is 4.74 Å². The summed E-state index contributed by atoms with van der Waals surface area (Å²) in [5.74, 6) is 0.531. The van der Waals surface area contributed by atoms with E-state index in [-0.39, 0.29) is 0 Å². The molecule has 164 valence electrons. The highest BCUT2D eigenvalue weighted by Gasteiger charge is 2.21. The van der Waals surface area contributed by atoms with Gasteiger partial charge in [0.2, 0.25) is 0 Å². The minimum absolute atomic E-state index is 0.531. The fraction of sp³-hybridized carbons (Fsp3) is 0.519. The zero-order chi connectivity index (χ0) is 21.9. The number of rotatable bonds is 12. The molecule has 0 heterocycles. The van der Waals surface area contributed by atoms with E-state index in [0.717, 1.165) is 75.3 Å². The Morgan fingerprint density at radius 1 is 0.800 bits per heavy atom. The molecule has 0 aliphatic heterocycles. The van der Waals surface area contributed by atoms with Gasteiger partial charge in [0.15, 0.2) is 0 Å². The maximum Gasteiger partial charge on any atom is 0.511 e. The first kappa shape index (κ1) is 24.0. The van der Waals surface area contributed by atoms with Crippen molar-refractivity contribution >= 4 is 6.16 Å². The van der Waals surface area contributed by atoms with Crippen LogP contribution in [0, 0.1) is 0 Å². The van der Waals surface area contributed by atoms with E-state index in [0.29, 0.717) is 5.75 Å². The summed E-state index contributed by atoms with van der Waals surface area (Å²) in [5.41, 5.74) is 7.49. The number of ether oxygens (including phenoxy) is 1. The third kappa shape index (κ3) is 6.10. The molecule has 0 saturated carbocycles. The van der Waals surface area contributed by atoms with E-state index in [9.17, 15) is 9.90 Å². The Hall–Kier alpha value is -2.29. The van der Waals surface area contributed by atoms with Crippen molar-refractivity contribution in [1.29, 1.82) is 0 Å². The largest absolute Gasteiger partial charge is 0.511 e. The first-order valence-electron chi connectivity index (χ1n) is 11.7. The second-order valence-corrected chi connectivity index (χ2v) is 8.05. The Balaban J connectivity index is 2.81. The van der Waals surface area contributed by atoms with Crippen molar-refractivity contribution in [2.24, 2.45) is 0 Å². The average molecular weight is 411 g/mol. The van der Waals surface area contributed by atoms with Crippen LogP contribution in [0.5, 0.6) is 5.75 Å². The van der Waals surface area contributed by atoms with E-state index in [2.05, 4.69) is 52.0 Å². The number of carboxylic acid groups (broad SMARTS) is 1. The predicted molar refractivity (Wildman–Crippen MR) is 126 cm³/mol. The van der Waals surface area contributed by atoms with Crippen LogP contribution in [0.2, 0.25) is 0 Å². The summed E-state index contributed by atoms with van der Waals surface area (Å²) < 4.78 is 5.37. The molecule has 0 bridgehead atoms. The quantitative estimate of drug-likeness (QED) is 0.285. The van der Waals surface area contributed by atoms with E-state index in [4.69, 9.17) is 4.74 Å². The lowest BCUT2D eigenvalue weighted by Crippen LogP contribution is -2.11. The van der Waals surface area contributed by atoms with Gasteiger partial charge in [-0.2, -0.15) is 0 Å². The normalized spacial score (nSPS) is 10.9. The smallest absolute Gasteiger partial charge is 0.449 e. The van der Waals surface area contributed by atoms with Gasteiger partial charge >= 0.3 is 6.16 Å². The number of hydrogen-bond acceptors (Lipinski definition) is 2. The van der Waals surface area contributed by atoms with Crippen LogP contribution in [0.15, 0.2) is 30.3 Å². The summed E-state index contributed by atoms with van der Waals surface area (Å²) in [6.07, 6.45) is 9.18. The van der Waals surface area contributed by atoms with Crippen molar-refractivity contribution in [2.45, 2.75) is 91.9 Å². The Morgan fingerprint density at radius 2 is 1.37 bits per heavy atom. The van der Waals surface area contributed by atoms with Gasteiger partial charge in [-0.15, -0.1) is 0 Å². The minimum Gasteiger partial charge on any atom is -0.449 e. The molecule has 0 spiro atoms. The van der Waals surface area contributed by atoms with Gasteiger partial charge in [-0.1, -0.05) is 71.2 Å². The van der Waals surface area contributed by atoms with Crippen molar-refractivity contribution in [3.63, 3.8) is 0 Å². The van der Waals surface area contributed by atoms with E-state index in [1.165, 1.54) is 22.3 Å². The summed E-state index contributed by atoms with van der Waals surface area (Å²) in [7, 11) is 0. The van der Waals surface area contributed by atoms with Gasteiger partial charge in [0.25, 0.3) is 0 Å². The van der Waals surface area contributed by atoms with Crippen LogP contribution in [-0.2, 0) is 25.7 Å². The van der Waals surface area contributed by atoms with Crippen LogP contribution in [0.3, 0.4) is 0 Å². The van der Waals surface area contributed by atoms with Crippen molar-refractivity contribution in [3.05, 3.63) is 52.6 Å². The standard InChI is InChI=1S/C27H38O3/c1-5-9-15-22-23(16-10-6-2)25(21-18-13-12-14-20(21)8-4)19-26(30-27(28)29)24(22)17-11-7-3/h12-14,18-19H,5-11,15-17H2,1-4H3,(H,28,29). The number of hydrogen-bond donors (Lipinski definition) is 1. The molecule has 0 aromatic heterocycles. The molecule has 0 aliphatic rings. The zero-order valence-corrected chi connectivity index (χ0v) is 19.2. The molecule has 3 heteroatoms. The average Bonchev–Trinajstić information content (AvgIpc) is 2.75. The summed E-state index contributed by atoms with van der Waals surface area (Å²) in [4.78, 5) is 11.5. The Bertz CT molecular complexity index is 823. The topological polar surface area (TPSA) is 46.5 Å². The molecule has 2 rings (SSSR count). The second-order valence-electron chi connectivity index (χ2n) is 8.05. The fourth-order valence-electron chi connectivity index (χ4n) is 4.24. The Labute approximate surface area is 182 Å². The monoisotopic (exact) mass is 410 g/mol. The SMILES string of the molecule is CCCCc1c(OC(=O)O)cc(-c2ccccc2CC)c(CCCC)c1CCCC. The maximum atomic E-state index is 11.5. The molecule has 0 amide bonds. The third-order valence-corrected chi connectivity index (χ3v) is 5.85. The minimum atomic E-state index is -1.23. The Kier molecular flexibility index (Phi) is 9.93. The van der Waals surface area contributed by atoms with E-state index in [1.54, 1.807) is 0 Å². The lowest BCUT2D eigenvalue weighted by molar-refractivity contribution is 0.144. The van der Waals surface area contributed by atoms with Gasteiger partial charge < -0.3 is 9.84 Å². The molecule has 2 aromatic rings. The molecule has 0 saturated heterocycles. The van der Waals surface area contributed by atoms with E-state index >= 15 is 0 Å². The van der Waals surface area contributed by atoms with Crippen LogP contribution >= 0.6 is 0 Å². The highest BCUT2D eigenvalue weighted by Crippen LogP contribution is 2.39. The molecule has 0 radical (unpaired) electrons. The molecular formula is C27H38O3. The first-order chi connectivity index (χ1) is 14.6. The lowest BCUT2D eigenvalue weighted by Gasteiger charge is -2.23. The molecule has 2 aromatic carbocycles. The summed E-state index contributed by atoms with van der Waals surface area (Å²) in [5, 5.41) is 9.43. The number of unbranched alkanes of at least 4 members (excludes halogenated alkanes) is 3. The van der Waals surface area contributed by atoms with Gasteiger partial charge in [-0.25, -0.2) is 4.79 Å². The zero-order valence-electron chi connectivity index (χ0n) is 19.2. The molecule has 1 N–H and O–H groups in total. The van der Waals surface area contributed by atoms with Crippen LogP contribution in [0.4, 0.5) is 4.79 Å². The number of carbonyl (C=O) groups is 1. The number of aryl methyl sites for hydroxylation is 1. The van der Waals surface area contributed by atoms with E-state index < -0.39 is 6.16 Å². The molecule has 0 unspecified atom stereocenters. The van der Waals surface area contributed by atoms with Gasteiger partial charge in [0.05, 0.1) is 0 Å². The Morgan fingerprint density at radius 3 is 1.93 bits per heavy atom. The van der Waals surface area contributed by atoms with Gasteiger partial charge in [0, 0.05) is 0 Å². The van der Waals surface area contributed by atoms with Gasteiger partial charge in [0.1, 0.15) is 5.75 Å². The highest BCUT2D eigenvalue weighted by molar-refractivity contribution is 5.76. The summed E-state index contributed by atoms with van der Waals surface area (Å²) >= 11 is 0. The van der Waals surface area contributed by atoms with E-state index in [1.807, 2.05) is 6.07 Å². The van der Waals surface area contributed by atoms with Crippen molar-refractivity contribution < 1.29 is 14.6 Å². The predicted octanol–water partition coefficient (Wildman–Crippen LogP) is 8.00. The second kappa shape index (κ2) is 12.4. The molecule has 0 fully saturated rings. The fourth-order valence-corrected chi connectivity index (χ4v) is 4.24. The molecular weight excluding hydrogens is 372 g/mol. The van der Waals surface area contributed by atoms with Gasteiger partial charge in [-0.3, -0.25) is 0 Å². The van der Waals surface area contributed by atoms with Crippen molar-refractivity contribution in [2.75, 3.05) is 0 Å². The molecule has 0 atom stereocenters. The maximum absolute atomic E-state index is 11.5. The van der Waals surface area contributed by atoms with Gasteiger partial charge in [-0.05, 0) is 84.4 Å². The van der Waals surface area contributed by atoms with Crippen molar-refractivity contribution in [3.8, 4) is 16.9 Å². The summed E-state index contributed by atoms with van der Waals surface area (Å²) in [6.45, 7) is 8.79. The molecule has 3 nitrogen and oxygen atoms in total. The molecule has 0 aliphatic carbocycles. The number of benzene rings is 2. The highest BCUT2D eigenvalue weighted by atomic mass is 16.7. The summed E-state index contributed by atoms with van der Waals surface area (Å²) in [6, 6.07) is 10.5. The first-order valence-corrected chi connectivity index (χ1v) is 11.7. The third-order valence-electron chi connectivity index (χ3n) is 5.85. The van der Waals surface area contributed by atoms with Crippen molar-refractivity contribution in [1.82, 2.24) is 0 Å². The molecule has 30 heavy (non-hydrogen) atoms. The van der Waals surface area contributed by atoms with Crippen LogP contribution in [0.25, 0.3) is 11.1 Å². The van der Waals surface area contributed by atoms with Crippen LogP contribution in [-0.4, -0.2) is 11.3 Å². The lowest BCUT2D eigenvalue weighted by atomic mass is 9.83. The van der Waals surface area contributed by atoms with Crippen LogP contribution in [0.1, 0.15) is 88.5 Å².